The third-order valence-electron chi connectivity index (χ3n) is 3.24. The van der Waals surface area contributed by atoms with Crippen molar-refractivity contribution in [1.82, 2.24) is 9.78 Å². The molecule has 102 valence electrons. The molecule has 0 amide bonds. The predicted octanol–water partition coefficient (Wildman–Crippen LogP) is 2.23. The molecule has 0 spiro atoms. The van der Waals surface area contributed by atoms with Gasteiger partial charge in [-0.25, -0.2) is 0 Å². The number of aryl methyl sites for hydroxylation is 2. The van der Waals surface area contributed by atoms with Crippen LogP contribution >= 0.6 is 0 Å². The molecule has 1 unspecified atom stereocenters. The van der Waals surface area contributed by atoms with Gasteiger partial charge in [-0.1, -0.05) is 24.3 Å². The molecular formula is C15H20N2O2. The Kier molecular flexibility index (Phi) is 4.71. The Bertz CT molecular complexity index is 522. The normalized spacial score (nSPS) is 12.6. The Balaban J connectivity index is 1.97. The number of hydrogen-bond donors (Lipinski definition) is 1. The number of aliphatic hydroxyl groups is 1. The van der Waals surface area contributed by atoms with E-state index in [1.807, 2.05) is 42.1 Å². The maximum Gasteiger partial charge on any atom is 0.0793 e. The Hall–Kier alpha value is -1.65. The summed E-state index contributed by atoms with van der Waals surface area (Å²) in [5.41, 5.74) is 3.16. The Labute approximate surface area is 113 Å². The fourth-order valence-corrected chi connectivity index (χ4v) is 2.15. The lowest BCUT2D eigenvalue weighted by Gasteiger charge is -2.12. The van der Waals surface area contributed by atoms with Crippen molar-refractivity contribution < 1.29 is 9.84 Å². The lowest BCUT2D eigenvalue weighted by molar-refractivity contribution is 0.165. The number of aliphatic hydroxyl groups excluding tert-OH is 1. The first kappa shape index (κ1) is 13.8. The van der Waals surface area contributed by atoms with Crippen molar-refractivity contribution in [3.05, 3.63) is 53.3 Å². The van der Waals surface area contributed by atoms with Gasteiger partial charge in [-0.15, -0.1) is 0 Å². The molecule has 0 saturated carbocycles. The van der Waals surface area contributed by atoms with Gasteiger partial charge in [0.25, 0.3) is 0 Å². The number of aromatic nitrogens is 2. The number of hydrogen-bond acceptors (Lipinski definition) is 3. The van der Waals surface area contributed by atoms with Crippen molar-refractivity contribution in [2.45, 2.75) is 25.6 Å². The third kappa shape index (κ3) is 3.66. The van der Waals surface area contributed by atoms with Crippen LogP contribution in [0.4, 0.5) is 0 Å². The van der Waals surface area contributed by atoms with Gasteiger partial charge < -0.3 is 9.84 Å². The third-order valence-corrected chi connectivity index (χ3v) is 3.24. The minimum absolute atomic E-state index is 0.452. The van der Waals surface area contributed by atoms with Crippen LogP contribution < -0.4 is 0 Å². The Morgan fingerprint density at radius 3 is 2.89 bits per heavy atom. The average molecular weight is 260 g/mol. The van der Waals surface area contributed by atoms with E-state index in [9.17, 15) is 5.11 Å². The first-order chi connectivity index (χ1) is 9.20. The van der Waals surface area contributed by atoms with Crippen LogP contribution in [0.2, 0.25) is 0 Å². The van der Waals surface area contributed by atoms with Crippen LogP contribution in [0.15, 0.2) is 36.5 Å². The quantitative estimate of drug-likeness (QED) is 0.866. The van der Waals surface area contributed by atoms with Crippen LogP contribution in [0.3, 0.4) is 0 Å². The summed E-state index contributed by atoms with van der Waals surface area (Å²) in [7, 11) is 3.59. The molecule has 1 N–H and O–H groups in total. The monoisotopic (exact) mass is 260 g/mol. The molecule has 0 aliphatic carbocycles. The Morgan fingerprint density at radius 1 is 1.37 bits per heavy atom. The second kappa shape index (κ2) is 6.50. The van der Waals surface area contributed by atoms with Crippen molar-refractivity contribution in [3.63, 3.8) is 0 Å². The lowest BCUT2D eigenvalue weighted by atomic mass is 10.0. The summed E-state index contributed by atoms with van der Waals surface area (Å²) in [6.07, 6.45) is 2.83. The standard InChI is InChI=1S/C15H20N2O2/c1-17-14(8-9-16-17)6-7-15(18)13-5-3-4-12(10-13)11-19-2/h3-5,8-10,15,18H,6-7,11H2,1-2H3. The van der Waals surface area contributed by atoms with Crippen LogP contribution in [0, 0.1) is 0 Å². The molecule has 2 aromatic rings. The predicted molar refractivity (Wildman–Crippen MR) is 73.6 cm³/mol. The fourth-order valence-electron chi connectivity index (χ4n) is 2.15. The van der Waals surface area contributed by atoms with E-state index in [1.54, 1.807) is 13.3 Å². The zero-order valence-electron chi connectivity index (χ0n) is 11.4. The second-order valence-corrected chi connectivity index (χ2v) is 4.68. The van der Waals surface area contributed by atoms with Crippen molar-refractivity contribution in [1.29, 1.82) is 0 Å². The summed E-state index contributed by atoms with van der Waals surface area (Å²) in [5, 5.41) is 14.4. The molecule has 0 fully saturated rings. The fraction of sp³-hybridized carbons (Fsp3) is 0.400. The molecule has 0 aliphatic heterocycles. The molecule has 0 bridgehead atoms. The summed E-state index contributed by atoms with van der Waals surface area (Å²) in [5.74, 6) is 0. The van der Waals surface area contributed by atoms with Crippen LogP contribution in [-0.2, 0) is 24.8 Å². The van der Waals surface area contributed by atoms with Gasteiger partial charge in [0, 0.05) is 26.0 Å². The van der Waals surface area contributed by atoms with Gasteiger partial charge in [0.05, 0.1) is 12.7 Å². The van der Waals surface area contributed by atoms with E-state index >= 15 is 0 Å². The van der Waals surface area contributed by atoms with Gasteiger partial charge in [0.15, 0.2) is 0 Å². The zero-order valence-corrected chi connectivity index (χ0v) is 11.4. The number of rotatable bonds is 6. The molecule has 1 aromatic carbocycles. The minimum atomic E-state index is -0.452. The number of nitrogens with zero attached hydrogens (tertiary/aromatic N) is 2. The van der Waals surface area contributed by atoms with Crippen molar-refractivity contribution in [2.24, 2.45) is 7.05 Å². The molecule has 1 aromatic heterocycles. The highest BCUT2D eigenvalue weighted by Crippen LogP contribution is 2.20. The van der Waals surface area contributed by atoms with E-state index in [0.717, 1.165) is 23.2 Å². The van der Waals surface area contributed by atoms with Crippen molar-refractivity contribution in [2.75, 3.05) is 7.11 Å². The highest BCUT2D eigenvalue weighted by atomic mass is 16.5. The molecular weight excluding hydrogens is 240 g/mol. The first-order valence-corrected chi connectivity index (χ1v) is 6.43. The van der Waals surface area contributed by atoms with E-state index in [1.165, 1.54) is 0 Å². The van der Waals surface area contributed by atoms with Crippen LogP contribution in [0.5, 0.6) is 0 Å². The number of methoxy groups -OCH3 is 1. The molecule has 2 rings (SSSR count). The maximum absolute atomic E-state index is 10.2. The van der Waals surface area contributed by atoms with Crippen molar-refractivity contribution >= 4 is 0 Å². The van der Waals surface area contributed by atoms with E-state index in [4.69, 9.17) is 4.74 Å². The van der Waals surface area contributed by atoms with Gasteiger partial charge in [-0.2, -0.15) is 5.10 Å². The topological polar surface area (TPSA) is 47.3 Å². The van der Waals surface area contributed by atoms with Crippen molar-refractivity contribution in [3.8, 4) is 0 Å². The first-order valence-electron chi connectivity index (χ1n) is 6.43. The van der Waals surface area contributed by atoms with E-state index in [0.29, 0.717) is 13.0 Å². The molecule has 19 heavy (non-hydrogen) atoms. The van der Waals surface area contributed by atoms with E-state index in [-0.39, 0.29) is 0 Å². The molecule has 4 heteroatoms. The molecule has 0 radical (unpaired) electrons. The largest absolute Gasteiger partial charge is 0.388 e. The summed E-state index contributed by atoms with van der Waals surface area (Å²) in [6, 6.07) is 9.89. The minimum Gasteiger partial charge on any atom is -0.388 e. The smallest absolute Gasteiger partial charge is 0.0793 e. The van der Waals surface area contributed by atoms with Crippen LogP contribution in [0.1, 0.15) is 29.3 Å². The van der Waals surface area contributed by atoms with Gasteiger partial charge in [-0.05, 0) is 30.0 Å². The molecule has 4 nitrogen and oxygen atoms in total. The van der Waals surface area contributed by atoms with E-state index in [2.05, 4.69) is 5.10 Å². The summed E-state index contributed by atoms with van der Waals surface area (Å²) >= 11 is 0. The van der Waals surface area contributed by atoms with Crippen LogP contribution in [-0.4, -0.2) is 22.0 Å². The van der Waals surface area contributed by atoms with Gasteiger partial charge >= 0.3 is 0 Å². The molecule has 1 heterocycles. The second-order valence-electron chi connectivity index (χ2n) is 4.68. The average Bonchev–Trinajstić information content (AvgIpc) is 2.82. The zero-order chi connectivity index (χ0) is 13.7. The molecule has 1 atom stereocenters. The summed E-state index contributed by atoms with van der Waals surface area (Å²) in [4.78, 5) is 0. The van der Waals surface area contributed by atoms with E-state index < -0.39 is 6.10 Å². The van der Waals surface area contributed by atoms with Gasteiger partial charge in [-0.3, -0.25) is 4.68 Å². The summed E-state index contributed by atoms with van der Waals surface area (Å²) in [6.45, 7) is 0.572. The maximum atomic E-state index is 10.2. The highest BCUT2D eigenvalue weighted by Gasteiger charge is 2.09. The SMILES string of the molecule is COCc1cccc(C(O)CCc2ccnn2C)c1. The van der Waals surface area contributed by atoms with Gasteiger partial charge in [0.2, 0.25) is 0 Å². The molecule has 0 saturated heterocycles. The summed E-state index contributed by atoms with van der Waals surface area (Å²) < 4.78 is 6.95. The number of ether oxygens (including phenoxy) is 1. The molecule has 0 aliphatic rings. The lowest BCUT2D eigenvalue weighted by Crippen LogP contribution is -2.04. The Morgan fingerprint density at radius 2 is 2.21 bits per heavy atom. The van der Waals surface area contributed by atoms with Crippen LogP contribution in [0.25, 0.3) is 0 Å². The highest BCUT2D eigenvalue weighted by molar-refractivity contribution is 5.25. The number of benzene rings is 1. The van der Waals surface area contributed by atoms with Gasteiger partial charge in [0.1, 0.15) is 0 Å².